The number of nitrogens with one attached hydrogen (secondary N) is 1. The molecule has 174 valence electrons. The van der Waals surface area contributed by atoms with Crippen LogP contribution in [0.25, 0.3) is 16.9 Å². The second kappa shape index (κ2) is 10.6. The average Bonchev–Trinajstić information content (AvgIpc) is 3.25. The van der Waals surface area contributed by atoms with Crippen LogP contribution in [-0.2, 0) is 17.8 Å². The summed E-state index contributed by atoms with van der Waals surface area (Å²) in [5, 5.41) is 3.54. The van der Waals surface area contributed by atoms with Crippen molar-refractivity contribution in [3.05, 3.63) is 119 Å². The van der Waals surface area contributed by atoms with Gasteiger partial charge in [0.2, 0.25) is 0 Å². The SMILES string of the molecule is O=C(CCc1ccccc1)Oc1ccccc1-c1nc2ccc(Br)cn2c1NCc1ccccc1. The third kappa shape index (κ3) is 5.44. The van der Waals surface area contributed by atoms with Gasteiger partial charge in [-0.25, -0.2) is 4.98 Å². The molecule has 1 N–H and O–H groups in total. The third-order valence-corrected chi connectivity index (χ3v) is 6.18. The molecule has 0 aliphatic carbocycles. The highest BCUT2D eigenvalue weighted by Crippen LogP contribution is 2.36. The van der Waals surface area contributed by atoms with Crippen molar-refractivity contribution >= 4 is 33.4 Å². The number of fused-ring (bicyclic) bond motifs is 1. The van der Waals surface area contributed by atoms with Crippen LogP contribution < -0.4 is 10.1 Å². The van der Waals surface area contributed by atoms with Crippen molar-refractivity contribution in [2.45, 2.75) is 19.4 Å². The van der Waals surface area contributed by atoms with Crippen LogP contribution in [0.5, 0.6) is 5.75 Å². The van der Waals surface area contributed by atoms with Gasteiger partial charge in [0.05, 0.1) is 0 Å². The molecule has 3 aromatic carbocycles. The Balaban J connectivity index is 1.45. The summed E-state index contributed by atoms with van der Waals surface area (Å²) < 4.78 is 8.79. The molecule has 0 aliphatic heterocycles. The lowest BCUT2D eigenvalue weighted by Gasteiger charge is -2.12. The number of benzene rings is 3. The Morgan fingerprint density at radius 2 is 1.54 bits per heavy atom. The molecule has 0 bridgehead atoms. The van der Waals surface area contributed by atoms with Gasteiger partial charge in [-0.2, -0.15) is 0 Å². The minimum absolute atomic E-state index is 0.272. The molecule has 5 rings (SSSR count). The lowest BCUT2D eigenvalue weighted by Crippen LogP contribution is -2.10. The summed E-state index contributed by atoms with van der Waals surface area (Å²) in [7, 11) is 0. The third-order valence-electron chi connectivity index (χ3n) is 5.71. The minimum Gasteiger partial charge on any atom is -0.426 e. The summed E-state index contributed by atoms with van der Waals surface area (Å²) in [6.07, 6.45) is 2.91. The summed E-state index contributed by atoms with van der Waals surface area (Å²) in [6, 6.07) is 31.6. The van der Waals surface area contributed by atoms with Gasteiger partial charge in [-0.05, 0) is 57.7 Å². The molecule has 0 saturated carbocycles. The number of rotatable bonds is 8. The summed E-state index contributed by atoms with van der Waals surface area (Å²) >= 11 is 3.57. The first-order valence-corrected chi connectivity index (χ1v) is 12.3. The molecular weight excluding hydrogens is 502 g/mol. The van der Waals surface area contributed by atoms with Crippen LogP contribution in [0.15, 0.2) is 108 Å². The number of hydrogen-bond donors (Lipinski definition) is 1. The summed E-state index contributed by atoms with van der Waals surface area (Å²) in [6.45, 7) is 0.632. The first kappa shape index (κ1) is 22.9. The van der Waals surface area contributed by atoms with Crippen LogP contribution in [0.4, 0.5) is 5.82 Å². The maximum atomic E-state index is 12.7. The van der Waals surface area contributed by atoms with Crippen molar-refractivity contribution in [2.24, 2.45) is 0 Å². The molecule has 0 spiro atoms. The number of carbonyl (C=O) groups excluding carboxylic acids is 1. The molecule has 35 heavy (non-hydrogen) atoms. The number of aryl methyl sites for hydroxylation is 1. The van der Waals surface area contributed by atoms with Gasteiger partial charge < -0.3 is 10.1 Å². The van der Waals surface area contributed by atoms with Crippen molar-refractivity contribution in [3.63, 3.8) is 0 Å². The van der Waals surface area contributed by atoms with Gasteiger partial charge in [-0.15, -0.1) is 0 Å². The molecule has 0 atom stereocenters. The first-order chi connectivity index (χ1) is 17.2. The molecule has 6 heteroatoms. The summed E-state index contributed by atoms with van der Waals surface area (Å²) in [5.74, 6) is 1.06. The molecule has 2 aromatic heterocycles. The first-order valence-electron chi connectivity index (χ1n) is 11.5. The maximum Gasteiger partial charge on any atom is 0.311 e. The van der Waals surface area contributed by atoms with Crippen LogP contribution in [0.1, 0.15) is 17.5 Å². The number of imidazole rings is 1. The van der Waals surface area contributed by atoms with Crippen molar-refractivity contribution < 1.29 is 9.53 Å². The smallest absolute Gasteiger partial charge is 0.311 e. The highest BCUT2D eigenvalue weighted by atomic mass is 79.9. The number of anilines is 1. The Bertz CT molecular complexity index is 1450. The molecule has 0 radical (unpaired) electrons. The van der Waals surface area contributed by atoms with Crippen molar-refractivity contribution in [3.8, 4) is 17.0 Å². The minimum atomic E-state index is -0.272. The number of nitrogens with zero attached hydrogens (tertiary/aromatic N) is 2. The van der Waals surface area contributed by atoms with Crippen molar-refractivity contribution in [1.82, 2.24) is 9.38 Å². The van der Waals surface area contributed by atoms with Gasteiger partial charge in [-0.1, -0.05) is 72.8 Å². The number of carbonyl (C=O) groups is 1. The molecule has 0 amide bonds. The Morgan fingerprint density at radius 3 is 2.31 bits per heavy atom. The van der Waals surface area contributed by atoms with E-state index in [0.29, 0.717) is 25.1 Å². The fourth-order valence-corrected chi connectivity index (χ4v) is 4.31. The lowest BCUT2D eigenvalue weighted by atomic mass is 10.1. The van der Waals surface area contributed by atoms with Gasteiger partial charge in [0.25, 0.3) is 0 Å². The Kier molecular flexibility index (Phi) is 6.91. The molecule has 2 heterocycles. The Morgan fingerprint density at radius 1 is 0.857 bits per heavy atom. The van der Waals surface area contributed by atoms with Crippen molar-refractivity contribution in [2.75, 3.05) is 5.32 Å². The second-order valence-electron chi connectivity index (χ2n) is 8.18. The predicted octanol–water partition coefficient (Wildman–Crippen LogP) is 6.91. The molecule has 0 fully saturated rings. The van der Waals surface area contributed by atoms with Crippen LogP contribution in [0.2, 0.25) is 0 Å². The summed E-state index contributed by atoms with van der Waals surface area (Å²) in [5.41, 5.74) is 4.55. The topological polar surface area (TPSA) is 55.6 Å². The highest BCUT2D eigenvalue weighted by molar-refractivity contribution is 9.10. The normalized spacial score (nSPS) is 10.9. The zero-order valence-corrected chi connectivity index (χ0v) is 20.6. The fourth-order valence-electron chi connectivity index (χ4n) is 3.97. The lowest BCUT2D eigenvalue weighted by molar-refractivity contribution is -0.134. The standard InChI is InChI=1S/C29H24BrN3O2/c30-23-16-17-26-32-28(29(33(26)20-23)31-19-22-11-5-2-6-12-22)24-13-7-8-14-25(24)35-27(34)18-15-21-9-3-1-4-10-21/h1-14,16-17,20,31H,15,18-19H2. The maximum absolute atomic E-state index is 12.7. The molecule has 0 saturated heterocycles. The number of pyridine rings is 1. The van der Waals surface area contributed by atoms with E-state index in [1.807, 2.05) is 95.5 Å². The van der Waals surface area contributed by atoms with Crippen LogP contribution in [-0.4, -0.2) is 15.4 Å². The Hall–Kier alpha value is -3.90. The number of hydrogen-bond acceptors (Lipinski definition) is 4. The van der Waals surface area contributed by atoms with Crippen LogP contribution in [0, 0.1) is 0 Å². The van der Waals surface area contributed by atoms with Gasteiger partial charge in [0.1, 0.15) is 22.9 Å². The predicted molar refractivity (Wildman–Crippen MR) is 142 cm³/mol. The van der Waals surface area contributed by atoms with E-state index in [0.717, 1.165) is 38.3 Å². The number of para-hydroxylation sites is 1. The molecule has 5 aromatic rings. The number of halogens is 1. The van der Waals surface area contributed by atoms with Gasteiger partial charge >= 0.3 is 5.97 Å². The molecule has 5 nitrogen and oxygen atoms in total. The second-order valence-corrected chi connectivity index (χ2v) is 9.10. The van der Waals surface area contributed by atoms with Gasteiger partial charge in [0, 0.05) is 29.2 Å². The van der Waals surface area contributed by atoms with E-state index < -0.39 is 0 Å². The van der Waals surface area contributed by atoms with E-state index in [2.05, 4.69) is 33.4 Å². The number of ether oxygens (including phenoxy) is 1. The fraction of sp³-hybridized carbons (Fsp3) is 0.103. The Labute approximate surface area is 212 Å². The molecular formula is C29H24BrN3O2. The molecule has 0 aliphatic rings. The molecule has 0 unspecified atom stereocenters. The monoisotopic (exact) mass is 525 g/mol. The number of aromatic nitrogens is 2. The number of esters is 1. The van der Waals surface area contributed by atoms with E-state index in [9.17, 15) is 4.79 Å². The van der Waals surface area contributed by atoms with Crippen LogP contribution >= 0.6 is 15.9 Å². The zero-order valence-electron chi connectivity index (χ0n) is 19.0. The van der Waals surface area contributed by atoms with E-state index in [1.165, 1.54) is 0 Å². The largest absolute Gasteiger partial charge is 0.426 e. The van der Waals surface area contributed by atoms with Gasteiger partial charge in [0.15, 0.2) is 0 Å². The van der Waals surface area contributed by atoms with Gasteiger partial charge in [-0.3, -0.25) is 9.20 Å². The van der Waals surface area contributed by atoms with E-state index in [4.69, 9.17) is 9.72 Å². The van der Waals surface area contributed by atoms with E-state index in [1.54, 1.807) is 0 Å². The summed E-state index contributed by atoms with van der Waals surface area (Å²) in [4.78, 5) is 17.6. The van der Waals surface area contributed by atoms with E-state index in [-0.39, 0.29) is 5.97 Å². The van der Waals surface area contributed by atoms with Crippen molar-refractivity contribution in [1.29, 1.82) is 0 Å². The zero-order chi connectivity index (χ0) is 24.0. The average molecular weight is 526 g/mol. The highest BCUT2D eigenvalue weighted by Gasteiger charge is 2.19. The quantitative estimate of drug-likeness (QED) is 0.176. The van der Waals surface area contributed by atoms with E-state index >= 15 is 0 Å². The van der Waals surface area contributed by atoms with Crippen LogP contribution in [0.3, 0.4) is 0 Å².